The van der Waals surface area contributed by atoms with Crippen molar-refractivity contribution in [3.05, 3.63) is 28.3 Å². The molecular weight excluding hydrogens is 240 g/mol. The Kier molecular flexibility index (Phi) is 2.37. The summed E-state index contributed by atoms with van der Waals surface area (Å²) >= 11 is 1.99. The van der Waals surface area contributed by atoms with Gasteiger partial charge in [-0.2, -0.15) is 0 Å². The molecule has 1 unspecified atom stereocenters. The molecule has 18 heavy (non-hydrogen) atoms. The van der Waals surface area contributed by atoms with E-state index in [1.807, 2.05) is 23.9 Å². The number of hydrogen-bond acceptors (Lipinski definition) is 2. The van der Waals surface area contributed by atoms with E-state index in [9.17, 15) is 0 Å². The summed E-state index contributed by atoms with van der Waals surface area (Å²) in [4.78, 5) is 7.40. The number of thiophene rings is 1. The van der Waals surface area contributed by atoms with Gasteiger partial charge in [-0.1, -0.05) is 19.3 Å². The normalized spacial score (nSPS) is 23.1. The summed E-state index contributed by atoms with van der Waals surface area (Å²) in [6.07, 6.45) is 11.1. The zero-order valence-corrected chi connectivity index (χ0v) is 11.5. The van der Waals surface area contributed by atoms with Crippen LogP contribution in [-0.4, -0.2) is 9.55 Å². The van der Waals surface area contributed by atoms with E-state index in [4.69, 9.17) is 0 Å². The third-order valence-electron chi connectivity index (χ3n) is 4.49. The van der Waals surface area contributed by atoms with E-state index in [0.717, 1.165) is 5.92 Å². The molecule has 94 valence electrons. The van der Waals surface area contributed by atoms with Crippen molar-refractivity contribution in [1.82, 2.24) is 9.55 Å². The molecule has 1 fully saturated rings. The van der Waals surface area contributed by atoms with Crippen molar-refractivity contribution < 1.29 is 0 Å². The summed E-state index contributed by atoms with van der Waals surface area (Å²) < 4.78 is 2.43. The van der Waals surface area contributed by atoms with E-state index in [-0.39, 0.29) is 0 Å². The minimum absolute atomic E-state index is 0.580. The zero-order chi connectivity index (χ0) is 12.1. The highest BCUT2D eigenvalue weighted by molar-refractivity contribution is 7.12. The van der Waals surface area contributed by atoms with Gasteiger partial charge in [-0.3, -0.25) is 0 Å². The predicted molar refractivity (Wildman–Crippen MR) is 75.0 cm³/mol. The highest BCUT2D eigenvalue weighted by Crippen LogP contribution is 2.50. The van der Waals surface area contributed by atoms with Gasteiger partial charge in [-0.05, 0) is 31.7 Å². The second-order valence-electron chi connectivity index (χ2n) is 5.66. The number of hydrogen-bond donors (Lipinski definition) is 0. The highest BCUT2D eigenvalue weighted by Gasteiger charge is 2.36. The van der Waals surface area contributed by atoms with Crippen molar-refractivity contribution in [2.24, 2.45) is 5.92 Å². The molecule has 0 aromatic carbocycles. The molecule has 0 N–H and O–H groups in total. The van der Waals surface area contributed by atoms with Crippen LogP contribution in [0.1, 0.15) is 47.9 Å². The SMILES string of the molecule is Cc1cc2c(s1)C(C1CCCCC1)n1cncc1-2. The largest absolute Gasteiger partial charge is 0.322 e. The Bertz CT molecular complexity index is 575. The van der Waals surface area contributed by atoms with Gasteiger partial charge in [0.15, 0.2) is 0 Å². The van der Waals surface area contributed by atoms with Gasteiger partial charge in [0.25, 0.3) is 0 Å². The van der Waals surface area contributed by atoms with Crippen LogP contribution in [0.2, 0.25) is 0 Å². The third kappa shape index (κ3) is 1.43. The van der Waals surface area contributed by atoms with Crippen molar-refractivity contribution in [2.75, 3.05) is 0 Å². The fourth-order valence-electron chi connectivity index (χ4n) is 3.70. The Hall–Kier alpha value is -1.09. The fraction of sp³-hybridized carbons (Fsp3) is 0.533. The first kappa shape index (κ1) is 10.8. The van der Waals surface area contributed by atoms with E-state index in [2.05, 4.69) is 22.5 Å². The maximum atomic E-state index is 4.36. The second kappa shape index (κ2) is 3.95. The molecule has 0 amide bonds. The molecule has 0 saturated heterocycles. The number of aryl methyl sites for hydroxylation is 1. The molecule has 1 atom stereocenters. The van der Waals surface area contributed by atoms with Crippen molar-refractivity contribution >= 4 is 11.3 Å². The lowest BCUT2D eigenvalue weighted by Crippen LogP contribution is -2.19. The average molecular weight is 258 g/mol. The smallest absolute Gasteiger partial charge is 0.0957 e. The van der Waals surface area contributed by atoms with Gasteiger partial charge in [0.1, 0.15) is 0 Å². The van der Waals surface area contributed by atoms with Crippen LogP contribution in [0.15, 0.2) is 18.6 Å². The maximum absolute atomic E-state index is 4.36. The van der Waals surface area contributed by atoms with Gasteiger partial charge in [0.05, 0.1) is 24.3 Å². The first-order chi connectivity index (χ1) is 8.84. The lowest BCUT2D eigenvalue weighted by atomic mass is 9.83. The summed E-state index contributed by atoms with van der Waals surface area (Å²) in [7, 11) is 0. The average Bonchev–Trinajstić information content (AvgIpc) is 3.02. The summed E-state index contributed by atoms with van der Waals surface area (Å²) in [6.45, 7) is 2.22. The van der Waals surface area contributed by atoms with Crippen LogP contribution in [0, 0.1) is 12.8 Å². The molecule has 0 spiro atoms. The van der Waals surface area contributed by atoms with E-state index in [1.54, 1.807) is 4.88 Å². The number of fused-ring (bicyclic) bond motifs is 3. The van der Waals surface area contributed by atoms with E-state index in [1.165, 1.54) is 48.2 Å². The van der Waals surface area contributed by atoms with Gasteiger partial charge in [0, 0.05) is 15.3 Å². The van der Waals surface area contributed by atoms with Crippen LogP contribution in [0.4, 0.5) is 0 Å². The van der Waals surface area contributed by atoms with Gasteiger partial charge >= 0.3 is 0 Å². The Morgan fingerprint density at radius 3 is 2.94 bits per heavy atom. The van der Waals surface area contributed by atoms with Crippen molar-refractivity contribution in [1.29, 1.82) is 0 Å². The van der Waals surface area contributed by atoms with Gasteiger partial charge in [0.2, 0.25) is 0 Å². The first-order valence-electron chi connectivity index (χ1n) is 6.97. The monoisotopic (exact) mass is 258 g/mol. The van der Waals surface area contributed by atoms with E-state index in [0.29, 0.717) is 6.04 Å². The Labute approximate surface area is 112 Å². The summed E-state index contributed by atoms with van der Waals surface area (Å²) in [5, 5.41) is 0. The van der Waals surface area contributed by atoms with Crippen LogP contribution >= 0.6 is 11.3 Å². The Balaban J connectivity index is 1.82. The molecule has 3 heterocycles. The fourth-order valence-corrected chi connectivity index (χ4v) is 4.93. The van der Waals surface area contributed by atoms with Crippen LogP contribution < -0.4 is 0 Å². The Morgan fingerprint density at radius 1 is 1.28 bits per heavy atom. The summed E-state index contributed by atoms with van der Waals surface area (Å²) in [5.74, 6) is 0.825. The van der Waals surface area contributed by atoms with Gasteiger partial charge in [-0.25, -0.2) is 4.98 Å². The number of nitrogens with zero attached hydrogens (tertiary/aromatic N) is 2. The van der Waals surface area contributed by atoms with Crippen LogP contribution in [0.3, 0.4) is 0 Å². The molecule has 2 aromatic rings. The number of aromatic nitrogens is 2. The molecule has 2 aromatic heterocycles. The van der Waals surface area contributed by atoms with Crippen LogP contribution in [0.5, 0.6) is 0 Å². The standard InChI is InChI=1S/C15H18N2S/c1-10-7-12-13-8-16-9-17(13)14(15(12)18-10)11-5-3-2-4-6-11/h7-9,11,14H,2-6H2,1H3. The van der Waals surface area contributed by atoms with Crippen molar-refractivity contribution in [3.8, 4) is 11.3 Å². The third-order valence-corrected chi connectivity index (χ3v) is 5.61. The van der Waals surface area contributed by atoms with E-state index < -0.39 is 0 Å². The minimum atomic E-state index is 0.580. The molecule has 3 heteroatoms. The minimum Gasteiger partial charge on any atom is -0.322 e. The molecule has 2 aliphatic rings. The van der Waals surface area contributed by atoms with Gasteiger partial charge in [-0.15, -0.1) is 11.3 Å². The van der Waals surface area contributed by atoms with Crippen LogP contribution in [0.25, 0.3) is 11.3 Å². The Morgan fingerprint density at radius 2 is 2.11 bits per heavy atom. The molecule has 0 bridgehead atoms. The second-order valence-corrected chi connectivity index (χ2v) is 6.95. The summed E-state index contributed by atoms with van der Waals surface area (Å²) in [5.41, 5.74) is 2.79. The molecular formula is C15H18N2S. The number of imidazole rings is 1. The molecule has 2 nitrogen and oxygen atoms in total. The highest BCUT2D eigenvalue weighted by atomic mass is 32.1. The predicted octanol–water partition coefficient (Wildman–Crippen LogP) is 4.40. The zero-order valence-electron chi connectivity index (χ0n) is 10.7. The van der Waals surface area contributed by atoms with Gasteiger partial charge < -0.3 is 4.57 Å². The maximum Gasteiger partial charge on any atom is 0.0957 e. The lowest BCUT2D eigenvalue weighted by molar-refractivity contribution is 0.288. The molecule has 4 rings (SSSR count). The lowest BCUT2D eigenvalue weighted by Gasteiger charge is -2.28. The topological polar surface area (TPSA) is 17.8 Å². The van der Waals surface area contributed by atoms with E-state index >= 15 is 0 Å². The van der Waals surface area contributed by atoms with Crippen molar-refractivity contribution in [2.45, 2.75) is 45.1 Å². The quantitative estimate of drug-likeness (QED) is 0.741. The molecule has 0 radical (unpaired) electrons. The molecule has 1 aliphatic heterocycles. The molecule has 1 aliphatic carbocycles. The summed E-state index contributed by atoms with van der Waals surface area (Å²) in [6, 6.07) is 2.92. The number of rotatable bonds is 1. The first-order valence-corrected chi connectivity index (χ1v) is 7.79. The van der Waals surface area contributed by atoms with Crippen LogP contribution in [-0.2, 0) is 0 Å². The molecule has 1 saturated carbocycles. The van der Waals surface area contributed by atoms with Crippen molar-refractivity contribution in [3.63, 3.8) is 0 Å².